The first-order chi connectivity index (χ1) is 12.0. The Morgan fingerprint density at radius 1 is 1.12 bits per heavy atom. The Morgan fingerprint density at radius 2 is 1.76 bits per heavy atom. The van der Waals surface area contributed by atoms with Crippen LogP contribution in [0.5, 0.6) is 0 Å². The number of hydrogen-bond donors (Lipinski definition) is 2. The topological polar surface area (TPSA) is 85.8 Å². The maximum absolute atomic E-state index is 12.9. The second-order valence-corrected chi connectivity index (χ2v) is 5.78. The number of carbonyl (C=O) groups is 1. The molecular formula is C18H18FN5O. The van der Waals surface area contributed by atoms with Gasteiger partial charge in [0.2, 0.25) is 0 Å². The molecule has 0 saturated heterocycles. The molecule has 1 aromatic heterocycles. The highest BCUT2D eigenvalue weighted by Crippen LogP contribution is 2.12. The molecule has 0 atom stereocenters. The van der Waals surface area contributed by atoms with Crippen LogP contribution < -0.4 is 11.1 Å². The first kappa shape index (κ1) is 16.6. The summed E-state index contributed by atoms with van der Waals surface area (Å²) in [6.07, 6.45) is 0. The molecule has 1 heterocycles. The largest absolute Gasteiger partial charge is 0.382 e. The van der Waals surface area contributed by atoms with Crippen LogP contribution >= 0.6 is 0 Å². The van der Waals surface area contributed by atoms with E-state index in [1.165, 1.54) is 16.8 Å². The molecule has 25 heavy (non-hydrogen) atoms. The van der Waals surface area contributed by atoms with Crippen molar-refractivity contribution >= 4 is 11.7 Å². The van der Waals surface area contributed by atoms with Crippen LogP contribution in [0.3, 0.4) is 0 Å². The van der Waals surface area contributed by atoms with Crippen molar-refractivity contribution < 1.29 is 9.18 Å². The summed E-state index contributed by atoms with van der Waals surface area (Å²) in [4.78, 5) is 12.2. The summed E-state index contributed by atoms with van der Waals surface area (Å²) < 4.78 is 14.4. The van der Waals surface area contributed by atoms with Crippen molar-refractivity contribution in [1.29, 1.82) is 0 Å². The van der Waals surface area contributed by atoms with Gasteiger partial charge in [-0.1, -0.05) is 47.2 Å². The summed E-state index contributed by atoms with van der Waals surface area (Å²) in [5, 5.41) is 10.5. The van der Waals surface area contributed by atoms with Crippen LogP contribution in [0.15, 0.2) is 48.5 Å². The molecule has 3 rings (SSSR count). The fourth-order valence-electron chi connectivity index (χ4n) is 2.33. The summed E-state index contributed by atoms with van der Waals surface area (Å²) >= 11 is 0. The van der Waals surface area contributed by atoms with E-state index in [0.29, 0.717) is 6.54 Å². The number of nitrogens with two attached hydrogens (primary N) is 1. The van der Waals surface area contributed by atoms with E-state index in [4.69, 9.17) is 5.73 Å². The smallest absolute Gasteiger partial charge is 0.275 e. The predicted octanol–water partition coefficient (Wildman–Crippen LogP) is 2.29. The minimum absolute atomic E-state index is 0.0780. The van der Waals surface area contributed by atoms with Gasteiger partial charge in [-0.15, -0.1) is 5.10 Å². The first-order valence-corrected chi connectivity index (χ1v) is 7.80. The van der Waals surface area contributed by atoms with E-state index in [9.17, 15) is 9.18 Å². The van der Waals surface area contributed by atoms with Crippen LogP contribution in [0, 0.1) is 12.7 Å². The standard InChI is InChI=1S/C18H18FN5O/c1-12-2-4-14(5-3-12)11-24-17(20)16(22-23-24)18(25)21-10-13-6-8-15(19)9-7-13/h2-9H,10-11,20H2,1H3,(H,21,25). The third-order valence-electron chi connectivity index (χ3n) is 3.81. The van der Waals surface area contributed by atoms with Gasteiger partial charge in [-0.05, 0) is 30.2 Å². The van der Waals surface area contributed by atoms with Crippen molar-refractivity contribution in [1.82, 2.24) is 20.3 Å². The Hall–Kier alpha value is -3.22. The summed E-state index contributed by atoms with van der Waals surface area (Å²) in [6, 6.07) is 13.8. The van der Waals surface area contributed by atoms with E-state index in [1.807, 2.05) is 31.2 Å². The number of halogens is 1. The molecular weight excluding hydrogens is 321 g/mol. The van der Waals surface area contributed by atoms with Gasteiger partial charge >= 0.3 is 0 Å². The zero-order valence-corrected chi connectivity index (χ0v) is 13.7. The summed E-state index contributed by atoms with van der Waals surface area (Å²) in [6.45, 7) is 2.70. The molecule has 128 valence electrons. The molecule has 7 heteroatoms. The van der Waals surface area contributed by atoms with Crippen molar-refractivity contribution in [3.63, 3.8) is 0 Å². The fourth-order valence-corrected chi connectivity index (χ4v) is 2.33. The van der Waals surface area contributed by atoms with Gasteiger partial charge in [-0.3, -0.25) is 4.79 Å². The Labute approximate surface area is 144 Å². The fraction of sp³-hybridized carbons (Fsp3) is 0.167. The zero-order valence-electron chi connectivity index (χ0n) is 13.7. The minimum Gasteiger partial charge on any atom is -0.382 e. The second kappa shape index (κ2) is 7.12. The Kier molecular flexibility index (Phi) is 4.74. The monoisotopic (exact) mass is 339 g/mol. The maximum atomic E-state index is 12.9. The number of aromatic nitrogens is 3. The van der Waals surface area contributed by atoms with Gasteiger partial charge in [0.1, 0.15) is 5.82 Å². The van der Waals surface area contributed by atoms with Crippen LogP contribution in [-0.4, -0.2) is 20.9 Å². The van der Waals surface area contributed by atoms with Crippen LogP contribution in [0.2, 0.25) is 0 Å². The summed E-state index contributed by atoms with van der Waals surface area (Å²) in [5.74, 6) is -0.535. The zero-order chi connectivity index (χ0) is 17.8. The van der Waals surface area contributed by atoms with Gasteiger partial charge in [0.25, 0.3) is 5.91 Å². The molecule has 2 aromatic carbocycles. The lowest BCUT2D eigenvalue weighted by atomic mass is 10.1. The molecule has 0 bridgehead atoms. The van der Waals surface area contributed by atoms with E-state index in [1.54, 1.807) is 12.1 Å². The Bertz CT molecular complexity index is 871. The number of carbonyl (C=O) groups excluding carboxylic acids is 1. The molecule has 0 radical (unpaired) electrons. The lowest BCUT2D eigenvalue weighted by Crippen LogP contribution is -2.24. The number of nitrogens with one attached hydrogen (secondary N) is 1. The molecule has 1 amide bonds. The van der Waals surface area contributed by atoms with Crippen LogP contribution in [-0.2, 0) is 13.1 Å². The molecule has 0 aliphatic rings. The summed E-state index contributed by atoms with van der Waals surface area (Å²) in [5.41, 5.74) is 9.03. The van der Waals surface area contributed by atoms with Crippen LogP contribution in [0.25, 0.3) is 0 Å². The van der Waals surface area contributed by atoms with Crippen molar-refractivity contribution in [2.75, 3.05) is 5.73 Å². The normalized spacial score (nSPS) is 10.6. The predicted molar refractivity (Wildman–Crippen MR) is 92.3 cm³/mol. The molecule has 6 nitrogen and oxygen atoms in total. The molecule has 0 aliphatic carbocycles. The third kappa shape index (κ3) is 4.00. The quantitative estimate of drug-likeness (QED) is 0.747. The van der Waals surface area contributed by atoms with Crippen LogP contribution in [0.4, 0.5) is 10.2 Å². The number of aryl methyl sites for hydroxylation is 1. The number of rotatable bonds is 5. The lowest BCUT2D eigenvalue weighted by molar-refractivity contribution is 0.0946. The number of amides is 1. The molecule has 0 saturated carbocycles. The average Bonchev–Trinajstić information content (AvgIpc) is 2.97. The van der Waals surface area contributed by atoms with E-state index in [-0.39, 0.29) is 23.9 Å². The maximum Gasteiger partial charge on any atom is 0.275 e. The number of nitrogen functional groups attached to an aromatic ring is 1. The van der Waals surface area contributed by atoms with Gasteiger partial charge < -0.3 is 11.1 Å². The molecule has 0 spiro atoms. The van der Waals surface area contributed by atoms with Gasteiger partial charge in [-0.25, -0.2) is 9.07 Å². The van der Waals surface area contributed by atoms with Crippen molar-refractivity contribution in [3.8, 4) is 0 Å². The molecule has 0 unspecified atom stereocenters. The number of nitrogens with zero attached hydrogens (tertiary/aromatic N) is 3. The SMILES string of the molecule is Cc1ccc(Cn2nnc(C(=O)NCc3ccc(F)cc3)c2N)cc1. The first-order valence-electron chi connectivity index (χ1n) is 7.80. The average molecular weight is 339 g/mol. The van der Waals surface area contributed by atoms with E-state index < -0.39 is 5.91 Å². The highest BCUT2D eigenvalue weighted by atomic mass is 19.1. The van der Waals surface area contributed by atoms with Crippen molar-refractivity contribution in [3.05, 3.63) is 76.7 Å². The Balaban J connectivity index is 1.66. The Morgan fingerprint density at radius 3 is 2.44 bits per heavy atom. The van der Waals surface area contributed by atoms with Gasteiger partial charge in [0.05, 0.1) is 6.54 Å². The molecule has 0 aliphatic heterocycles. The highest BCUT2D eigenvalue weighted by Gasteiger charge is 2.17. The van der Waals surface area contributed by atoms with Gasteiger partial charge in [-0.2, -0.15) is 0 Å². The molecule has 0 fully saturated rings. The minimum atomic E-state index is -0.419. The molecule has 3 aromatic rings. The van der Waals surface area contributed by atoms with E-state index >= 15 is 0 Å². The van der Waals surface area contributed by atoms with Gasteiger partial charge in [0.15, 0.2) is 11.5 Å². The van der Waals surface area contributed by atoms with E-state index in [0.717, 1.165) is 16.7 Å². The van der Waals surface area contributed by atoms with Crippen molar-refractivity contribution in [2.45, 2.75) is 20.0 Å². The van der Waals surface area contributed by atoms with Crippen LogP contribution in [0.1, 0.15) is 27.2 Å². The lowest BCUT2D eigenvalue weighted by Gasteiger charge is -2.06. The number of benzene rings is 2. The summed E-state index contributed by atoms with van der Waals surface area (Å²) in [7, 11) is 0. The van der Waals surface area contributed by atoms with Gasteiger partial charge in [0, 0.05) is 6.54 Å². The third-order valence-corrected chi connectivity index (χ3v) is 3.81. The highest BCUT2D eigenvalue weighted by molar-refractivity contribution is 5.96. The number of anilines is 1. The van der Waals surface area contributed by atoms with Crippen molar-refractivity contribution in [2.24, 2.45) is 0 Å². The number of hydrogen-bond acceptors (Lipinski definition) is 4. The second-order valence-electron chi connectivity index (χ2n) is 5.78. The van der Waals surface area contributed by atoms with E-state index in [2.05, 4.69) is 15.6 Å². The molecule has 3 N–H and O–H groups in total.